The van der Waals surface area contributed by atoms with E-state index in [9.17, 15) is 23.1 Å². The van der Waals surface area contributed by atoms with Crippen molar-refractivity contribution in [1.82, 2.24) is 5.32 Å². The third kappa shape index (κ3) is 4.46. The topological polar surface area (TPSA) is 113 Å². The Hall–Kier alpha value is -2.87. The van der Waals surface area contributed by atoms with E-state index in [1.807, 2.05) is 0 Å². The minimum atomic E-state index is -3.76. The highest BCUT2D eigenvalue weighted by Gasteiger charge is 2.34. The molecule has 0 spiro atoms. The van der Waals surface area contributed by atoms with Crippen LogP contribution in [0.2, 0.25) is 0 Å². The molecule has 1 aliphatic carbocycles. The number of carboxylic acids is 1. The number of carbonyl (C=O) groups excluding carboxylic acids is 1. The van der Waals surface area contributed by atoms with Gasteiger partial charge in [-0.05, 0) is 43.2 Å². The van der Waals surface area contributed by atoms with E-state index in [-0.39, 0.29) is 16.1 Å². The van der Waals surface area contributed by atoms with E-state index in [4.69, 9.17) is 0 Å². The van der Waals surface area contributed by atoms with Gasteiger partial charge in [0.2, 0.25) is 0 Å². The molecule has 7 nitrogen and oxygen atoms in total. The molecule has 0 unspecified atom stereocenters. The molecule has 3 N–H and O–H groups in total. The van der Waals surface area contributed by atoms with E-state index < -0.39 is 33.9 Å². The van der Waals surface area contributed by atoms with Crippen LogP contribution in [0.4, 0.5) is 5.69 Å². The Morgan fingerprint density at radius 2 is 1.74 bits per heavy atom. The van der Waals surface area contributed by atoms with Gasteiger partial charge in [-0.15, -0.1) is 0 Å². The third-order valence-electron chi connectivity index (χ3n) is 4.58. The fourth-order valence-electron chi connectivity index (χ4n) is 3.22. The molecular formula is C19H20N2O5S. The Balaban J connectivity index is 1.74. The molecular weight excluding hydrogens is 368 g/mol. The molecule has 2 atom stereocenters. The predicted molar refractivity (Wildman–Crippen MR) is 99.9 cm³/mol. The smallest absolute Gasteiger partial charge is 0.308 e. The van der Waals surface area contributed by atoms with Crippen LogP contribution >= 0.6 is 0 Å². The molecule has 0 aromatic heterocycles. The van der Waals surface area contributed by atoms with Crippen molar-refractivity contribution in [3.05, 3.63) is 60.2 Å². The molecule has 0 bridgehead atoms. The zero-order valence-electron chi connectivity index (χ0n) is 14.5. The lowest BCUT2D eigenvalue weighted by Crippen LogP contribution is -2.40. The van der Waals surface area contributed by atoms with Crippen LogP contribution in [0.25, 0.3) is 0 Å². The molecule has 1 amide bonds. The van der Waals surface area contributed by atoms with Gasteiger partial charge in [-0.25, -0.2) is 8.42 Å². The minimum absolute atomic E-state index is 0.120. The summed E-state index contributed by atoms with van der Waals surface area (Å²) in [5.41, 5.74) is 0.520. The number of carbonyl (C=O) groups is 2. The van der Waals surface area contributed by atoms with E-state index >= 15 is 0 Å². The second-order valence-corrected chi connectivity index (χ2v) is 8.14. The first kappa shape index (κ1) is 18.9. The monoisotopic (exact) mass is 388 g/mol. The fraction of sp³-hybridized carbons (Fsp3) is 0.263. The molecule has 0 aliphatic heterocycles. The van der Waals surface area contributed by atoms with Gasteiger partial charge in [-0.3, -0.25) is 14.3 Å². The SMILES string of the molecule is O=C(N[C@H]1CCC[C@H]1C(=O)O)c1cccc(NS(=O)(=O)c2ccccc2)c1. The second-order valence-electron chi connectivity index (χ2n) is 6.45. The summed E-state index contributed by atoms with van der Waals surface area (Å²) in [6.07, 6.45) is 1.90. The standard InChI is InChI=1S/C19H20N2O5S/c22-18(20-17-11-5-10-16(17)19(23)24)13-6-4-7-14(12-13)21-27(25,26)15-8-2-1-3-9-15/h1-4,6-9,12,16-17,21H,5,10-11H2,(H,20,22)(H,23,24)/t16-,17+/m1/s1. The van der Waals surface area contributed by atoms with Crippen LogP contribution in [0.15, 0.2) is 59.5 Å². The zero-order chi connectivity index (χ0) is 19.4. The number of amides is 1. The number of rotatable bonds is 6. The number of benzene rings is 2. The van der Waals surface area contributed by atoms with Crippen LogP contribution in [0.5, 0.6) is 0 Å². The summed E-state index contributed by atoms with van der Waals surface area (Å²) in [4.78, 5) is 23.8. The van der Waals surface area contributed by atoms with Crippen LogP contribution < -0.4 is 10.0 Å². The first-order valence-electron chi connectivity index (χ1n) is 8.58. The van der Waals surface area contributed by atoms with Crippen molar-refractivity contribution in [2.24, 2.45) is 5.92 Å². The van der Waals surface area contributed by atoms with Crippen LogP contribution in [-0.4, -0.2) is 31.4 Å². The van der Waals surface area contributed by atoms with Gasteiger partial charge in [0.05, 0.1) is 10.8 Å². The molecule has 1 aliphatic rings. The summed E-state index contributed by atoms with van der Waals surface area (Å²) in [5.74, 6) is -1.93. The molecule has 2 aromatic rings. The van der Waals surface area contributed by atoms with Gasteiger partial charge in [-0.2, -0.15) is 0 Å². The third-order valence-corrected chi connectivity index (χ3v) is 5.98. The van der Waals surface area contributed by atoms with Crippen molar-refractivity contribution in [2.75, 3.05) is 4.72 Å². The number of anilines is 1. The number of sulfonamides is 1. The first-order chi connectivity index (χ1) is 12.9. The maximum absolute atomic E-state index is 12.5. The summed E-state index contributed by atoms with van der Waals surface area (Å²) in [5, 5.41) is 12.0. The van der Waals surface area contributed by atoms with Crippen LogP contribution in [-0.2, 0) is 14.8 Å². The number of hydrogen-bond acceptors (Lipinski definition) is 4. The van der Waals surface area contributed by atoms with Crippen molar-refractivity contribution < 1.29 is 23.1 Å². The van der Waals surface area contributed by atoms with E-state index in [0.717, 1.165) is 6.42 Å². The van der Waals surface area contributed by atoms with Gasteiger partial charge in [0.1, 0.15) is 0 Å². The number of carboxylic acid groups (broad SMARTS) is 1. The highest BCUT2D eigenvalue weighted by atomic mass is 32.2. The van der Waals surface area contributed by atoms with Crippen molar-refractivity contribution >= 4 is 27.6 Å². The quantitative estimate of drug-likeness (QED) is 0.704. The maximum atomic E-state index is 12.5. The maximum Gasteiger partial charge on any atom is 0.308 e. The Morgan fingerprint density at radius 1 is 1.00 bits per heavy atom. The van der Waals surface area contributed by atoms with Crippen LogP contribution in [0.3, 0.4) is 0 Å². The van der Waals surface area contributed by atoms with Crippen molar-refractivity contribution in [2.45, 2.75) is 30.2 Å². The molecule has 0 radical (unpaired) electrons. The van der Waals surface area contributed by atoms with E-state index in [2.05, 4.69) is 10.0 Å². The van der Waals surface area contributed by atoms with E-state index in [1.54, 1.807) is 36.4 Å². The Kier molecular flexibility index (Phi) is 5.46. The molecule has 3 rings (SSSR count). The fourth-order valence-corrected chi connectivity index (χ4v) is 4.29. The van der Waals surface area contributed by atoms with Crippen LogP contribution in [0, 0.1) is 5.92 Å². The van der Waals surface area contributed by atoms with Gasteiger partial charge in [-0.1, -0.05) is 30.7 Å². The zero-order valence-corrected chi connectivity index (χ0v) is 15.3. The molecule has 1 fully saturated rings. The van der Waals surface area contributed by atoms with E-state index in [0.29, 0.717) is 12.8 Å². The molecule has 0 saturated heterocycles. The second kappa shape index (κ2) is 7.79. The molecule has 1 saturated carbocycles. The number of aliphatic carboxylic acids is 1. The predicted octanol–water partition coefficient (Wildman–Crippen LogP) is 2.47. The first-order valence-corrected chi connectivity index (χ1v) is 10.1. The number of hydrogen-bond donors (Lipinski definition) is 3. The highest BCUT2D eigenvalue weighted by molar-refractivity contribution is 7.92. The normalized spacial score (nSPS) is 19.4. The van der Waals surface area contributed by atoms with E-state index in [1.165, 1.54) is 18.2 Å². The van der Waals surface area contributed by atoms with Gasteiger partial charge < -0.3 is 10.4 Å². The summed E-state index contributed by atoms with van der Waals surface area (Å²) < 4.78 is 27.3. The molecule has 27 heavy (non-hydrogen) atoms. The lowest BCUT2D eigenvalue weighted by atomic mass is 10.0. The van der Waals surface area contributed by atoms with Crippen LogP contribution in [0.1, 0.15) is 29.6 Å². The summed E-state index contributed by atoms with van der Waals surface area (Å²) in [7, 11) is -3.76. The Morgan fingerprint density at radius 3 is 2.44 bits per heavy atom. The number of nitrogens with one attached hydrogen (secondary N) is 2. The average Bonchev–Trinajstić information content (AvgIpc) is 3.11. The van der Waals surface area contributed by atoms with Crippen molar-refractivity contribution in [3.8, 4) is 0 Å². The Labute approximate surface area is 157 Å². The minimum Gasteiger partial charge on any atom is -0.481 e. The summed E-state index contributed by atoms with van der Waals surface area (Å²) in [6, 6.07) is 13.6. The van der Waals surface area contributed by atoms with Gasteiger partial charge in [0.15, 0.2) is 0 Å². The molecule has 142 valence electrons. The van der Waals surface area contributed by atoms with Crippen molar-refractivity contribution in [3.63, 3.8) is 0 Å². The largest absolute Gasteiger partial charge is 0.481 e. The van der Waals surface area contributed by atoms with Gasteiger partial charge >= 0.3 is 5.97 Å². The summed E-state index contributed by atoms with van der Waals surface area (Å²) in [6.45, 7) is 0. The summed E-state index contributed by atoms with van der Waals surface area (Å²) >= 11 is 0. The lowest BCUT2D eigenvalue weighted by Gasteiger charge is -2.18. The average molecular weight is 388 g/mol. The Bertz CT molecular complexity index is 944. The lowest BCUT2D eigenvalue weighted by molar-refractivity contribution is -0.142. The molecule has 2 aromatic carbocycles. The van der Waals surface area contributed by atoms with Gasteiger partial charge in [0, 0.05) is 17.3 Å². The highest BCUT2D eigenvalue weighted by Crippen LogP contribution is 2.26. The van der Waals surface area contributed by atoms with Crippen molar-refractivity contribution in [1.29, 1.82) is 0 Å². The van der Waals surface area contributed by atoms with Gasteiger partial charge in [0.25, 0.3) is 15.9 Å². The molecule has 0 heterocycles. The molecule has 8 heteroatoms.